The molecule has 1 aromatic heterocycles. The van der Waals surface area contributed by atoms with Crippen LogP contribution in [0.2, 0.25) is 0 Å². The number of carbonyl (C=O) groups is 1. The summed E-state index contributed by atoms with van der Waals surface area (Å²) in [5.41, 5.74) is 2.79. The van der Waals surface area contributed by atoms with E-state index in [2.05, 4.69) is 32.8 Å². The number of amides is 1. The second-order valence-corrected chi connectivity index (χ2v) is 14.4. The lowest BCUT2D eigenvalue weighted by atomic mass is 9.93. The monoisotopic (exact) mass is 701 g/mol. The van der Waals surface area contributed by atoms with Crippen LogP contribution in [-0.2, 0) is 16.4 Å². The van der Waals surface area contributed by atoms with Gasteiger partial charge < -0.3 is 21.1 Å². The van der Waals surface area contributed by atoms with E-state index >= 15 is 0 Å². The number of anilines is 3. The van der Waals surface area contributed by atoms with E-state index < -0.39 is 10.0 Å². The average molecular weight is 702 g/mol. The number of nitrogens with one attached hydrogen (secondary N) is 4. The van der Waals surface area contributed by atoms with Gasteiger partial charge in [-0.2, -0.15) is 4.98 Å². The van der Waals surface area contributed by atoms with E-state index in [4.69, 9.17) is 5.41 Å². The van der Waals surface area contributed by atoms with Crippen LogP contribution in [0.5, 0.6) is 0 Å². The molecule has 0 bridgehead atoms. The van der Waals surface area contributed by atoms with Gasteiger partial charge in [0.1, 0.15) is 11.6 Å². The maximum absolute atomic E-state index is 13.6. The summed E-state index contributed by atoms with van der Waals surface area (Å²) < 4.78 is 41.4. The smallest absolute Gasteiger partial charge is 0.264 e. The van der Waals surface area contributed by atoms with Gasteiger partial charge in [-0.05, 0) is 92.6 Å². The van der Waals surface area contributed by atoms with Crippen molar-refractivity contribution in [3.05, 3.63) is 107 Å². The fourth-order valence-electron chi connectivity index (χ4n) is 5.69. The standard InChI is InChI=1S/C37H44FN7O4S/c1-3-4-22-41-37-42-24-33(35(44-37)43-29-13-17-31(46)18-14-29)34(39)26-9-19-32(20-10-26)50(48,49)45(2)30-15-7-27(8-16-30)36(47)40-23-21-25-5-11-28(38)12-6-25/h5-12,15-16,19-20,24,29,31,39,46H,3-4,13-14,17-18,21-23H2,1-2H3,(H,40,47)(H2,41,42,43,44). The number of hydrogen-bond acceptors (Lipinski definition) is 9. The molecule has 1 saturated carbocycles. The lowest BCUT2D eigenvalue weighted by Crippen LogP contribution is -2.29. The van der Waals surface area contributed by atoms with Gasteiger partial charge in [0.15, 0.2) is 0 Å². The third-order valence-electron chi connectivity index (χ3n) is 8.82. The number of aliphatic hydroxyl groups is 1. The number of carbonyl (C=O) groups excluding carboxylic acids is 1. The molecule has 50 heavy (non-hydrogen) atoms. The summed E-state index contributed by atoms with van der Waals surface area (Å²) in [4.78, 5) is 21.8. The predicted octanol–water partition coefficient (Wildman–Crippen LogP) is 5.76. The highest BCUT2D eigenvalue weighted by Gasteiger charge is 2.24. The first-order chi connectivity index (χ1) is 24.0. The molecule has 0 radical (unpaired) electrons. The average Bonchev–Trinajstić information content (AvgIpc) is 3.13. The third kappa shape index (κ3) is 9.21. The van der Waals surface area contributed by atoms with Gasteiger partial charge in [-0.1, -0.05) is 37.6 Å². The molecule has 4 aromatic rings. The molecule has 11 nitrogen and oxygen atoms in total. The molecule has 5 rings (SSSR count). The van der Waals surface area contributed by atoms with Crippen molar-refractivity contribution in [2.24, 2.45) is 0 Å². The summed E-state index contributed by atoms with van der Waals surface area (Å²) in [6.07, 6.45) is 6.81. The van der Waals surface area contributed by atoms with Crippen LogP contribution in [0.3, 0.4) is 0 Å². The first-order valence-electron chi connectivity index (χ1n) is 16.9. The number of aromatic nitrogens is 2. The molecular weight excluding hydrogens is 658 g/mol. The Balaban J connectivity index is 1.25. The Morgan fingerprint density at radius 2 is 1.62 bits per heavy atom. The molecule has 1 fully saturated rings. The Morgan fingerprint density at radius 1 is 0.960 bits per heavy atom. The van der Waals surface area contributed by atoms with Gasteiger partial charge in [-0.25, -0.2) is 17.8 Å². The van der Waals surface area contributed by atoms with Gasteiger partial charge in [0.05, 0.1) is 28.0 Å². The van der Waals surface area contributed by atoms with E-state index in [-0.39, 0.29) is 34.5 Å². The van der Waals surface area contributed by atoms with Crippen molar-refractivity contribution in [3.8, 4) is 0 Å². The number of hydrogen-bond donors (Lipinski definition) is 5. The highest BCUT2D eigenvalue weighted by molar-refractivity contribution is 7.92. The molecule has 1 aliphatic rings. The van der Waals surface area contributed by atoms with Crippen molar-refractivity contribution in [1.29, 1.82) is 5.41 Å². The Bertz CT molecular complexity index is 1860. The Hall–Kier alpha value is -4.88. The van der Waals surface area contributed by atoms with E-state index in [0.717, 1.165) is 42.1 Å². The first kappa shape index (κ1) is 36.4. The highest BCUT2D eigenvalue weighted by Crippen LogP contribution is 2.27. The zero-order valence-electron chi connectivity index (χ0n) is 28.3. The van der Waals surface area contributed by atoms with E-state index in [9.17, 15) is 22.7 Å². The molecule has 3 aromatic carbocycles. The second-order valence-electron chi connectivity index (χ2n) is 12.4. The molecule has 264 valence electrons. The first-order valence-corrected chi connectivity index (χ1v) is 18.4. The van der Waals surface area contributed by atoms with Crippen LogP contribution in [0, 0.1) is 11.2 Å². The number of unbranched alkanes of at least 4 members (excludes halogenated alkanes) is 1. The summed E-state index contributed by atoms with van der Waals surface area (Å²) in [6, 6.07) is 18.6. The molecule has 1 amide bonds. The Kier molecular flexibility index (Phi) is 12.1. The van der Waals surface area contributed by atoms with Crippen LogP contribution in [0.4, 0.5) is 21.8 Å². The van der Waals surface area contributed by atoms with Crippen LogP contribution >= 0.6 is 0 Å². The topological polar surface area (TPSA) is 160 Å². The lowest BCUT2D eigenvalue weighted by Gasteiger charge is -2.27. The largest absolute Gasteiger partial charge is 0.393 e. The van der Waals surface area contributed by atoms with Gasteiger partial charge in [0.2, 0.25) is 5.95 Å². The van der Waals surface area contributed by atoms with Crippen molar-refractivity contribution in [2.45, 2.75) is 68.9 Å². The molecule has 0 unspecified atom stereocenters. The molecule has 0 spiro atoms. The molecular formula is C37H44FN7O4S. The molecule has 5 N–H and O–H groups in total. The summed E-state index contributed by atoms with van der Waals surface area (Å²) >= 11 is 0. The van der Waals surface area contributed by atoms with Gasteiger partial charge >= 0.3 is 0 Å². The van der Waals surface area contributed by atoms with E-state index in [1.807, 2.05) is 0 Å². The fourth-order valence-corrected chi connectivity index (χ4v) is 6.89. The molecule has 0 aliphatic heterocycles. The minimum atomic E-state index is -3.96. The minimum absolute atomic E-state index is 0.0463. The van der Waals surface area contributed by atoms with E-state index in [1.54, 1.807) is 54.7 Å². The molecule has 1 heterocycles. The summed E-state index contributed by atoms with van der Waals surface area (Å²) in [5.74, 6) is 0.372. The Labute approximate surface area is 292 Å². The third-order valence-corrected chi connectivity index (χ3v) is 10.6. The van der Waals surface area contributed by atoms with Gasteiger partial charge in [-0.3, -0.25) is 14.5 Å². The maximum Gasteiger partial charge on any atom is 0.264 e. The number of aliphatic hydroxyl groups excluding tert-OH is 1. The highest BCUT2D eigenvalue weighted by atomic mass is 32.2. The zero-order valence-corrected chi connectivity index (χ0v) is 29.1. The maximum atomic E-state index is 13.6. The molecule has 0 saturated heterocycles. The van der Waals surface area contributed by atoms with Gasteiger partial charge in [-0.15, -0.1) is 0 Å². The molecule has 0 atom stereocenters. The van der Waals surface area contributed by atoms with Gasteiger partial charge in [0.25, 0.3) is 15.9 Å². The summed E-state index contributed by atoms with van der Waals surface area (Å²) in [7, 11) is -2.52. The van der Waals surface area contributed by atoms with Crippen LogP contribution in [0.1, 0.15) is 72.5 Å². The van der Waals surface area contributed by atoms with Crippen molar-refractivity contribution in [2.75, 3.05) is 35.1 Å². The van der Waals surface area contributed by atoms with Crippen molar-refractivity contribution >= 4 is 39.1 Å². The number of sulfonamides is 1. The predicted molar refractivity (Wildman–Crippen MR) is 194 cm³/mol. The molecule has 1 aliphatic carbocycles. The fraction of sp³-hybridized carbons (Fsp3) is 0.351. The van der Waals surface area contributed by atoms with Crippen LogP contribution in [0.25, 0.3) is 0 Å². The van der Waals surface area contributed by atoms with Crippen LogP contribution < -0.4 is 20.3 Å². The van der Waals surface area contributed by atoms with Crippen LogP contribution in [0.15, 0.2) is 83.9 Å². The van der Waals surface area contributed by atoms with E-state index in [1.165, 1.54) is 31.3 Å². The van der Waals surface area contributed by atoms with Crippen molar-refractivity contribution in [3.63, 3.8) is 0 Å². The number of nitrogens with zero attached hydrogens (tertiary/aromatic N) is 3. The quantitative estimate of drug-likeness (QED) is 0.0773. The van der Waals surface area contributed by atoms with Gasteiger partial charge in [0, 0.05) is 43.5 Å². The SMILES string of the molecule is CCCCNc1ncc(C(=N)c2ccc(S(=O)(=O)N(C)c3ccc(C(=O)NCCc4ccc(F)cc4)cc3)cc2)c(NC2CCC(O)CC2)n1. The number of rotatable bonds is 15. The summed E-state index contributed by atoms with van der Waals surface area (Å²) in [6.45, 7) is 3.20. The number of halogens is 1. The minimum Gasteiger partial charge on any atom is -0.393 e. The second kappa shape index (κ2) is 16.7. The Morgan fingerprint density at radius 3 is 2.28 bits per heavy atom. The van der Waals surface area contributed by atoms with E-state index in [0.29, 0.717) is 60.0 Å². The van der Waals surface area contributed by atoms with Crippen molar-refractivity contribution < 1.29 is 22.7 Å². The lowest BCUT2D eigenvalue weighted by molar-refractivity contribution is 0.0954. The summed E-state index contributed by atoms with van der Waals surface area (Å²) in [5, 5.41) is 28.5. The molecule has 13 heteroatoms. The zero-order chi connectivity index (χ0) is 35.7. The van der Waals surface area contributed by atoms with Crippen molar-refractivity contribution in [1.82, 2.24) is 15.3 Å². The number of benzene rings is 3. The van der Waals surface area contributed by atoms with Crippen LogP contribution in [-0.4, -0.2) is 67.4 Å². The normalized spacial score (nSPS) is 16.0.